The predicted octanol–water partition coefficient (Wildman–Crippen LogP) is 4.64. The van der Waals surface area contributed by atoms with E-state index in [1.807, 2.05) is 7.11 Å². The summed E-state index contributed by atoms with van der Waals surface area (Å²) in [5.41, 5.74) is 2.81. The zero-order chi connectivity index (χ0) is 15.1. The summed E-state index contributed by atoms with van der Waals surface area (Å²) in [7, 11) is 1.89. The number of nitrogens with one attached hydrogen (secondary N) is 1. The minimum absolute atomic E-state index is 0.0287. The van der Waals surface area contributed by atoms with Crippen molar-refractivity contribution in [3.63, 3.8) is 0 Å². The van der Waals surface area contributed by atoms with Gasteiger partial charge in [0.25, 0.3) is 0 Å². The average molecular weight is 289 g/mol. The van der Waals surface area contributed by atoms with Crippen LogP contribution in [-0.4, -0.2) is 19.3 Å². The molecule has 1 aliphatic rings. The Morgan fingerprint density at radius 2 is 1.95 bits per heavy atom. The summed E-state index contributed by atoms with van der Waals surface area (Å²) >= 11 is 0. The van der Waals surface area contributed by atoms with Crippen molar-refractivity contribution in [3.8, 4) is 0 Å². The second kappa shape index (κ2) is 7.95. The van der Waals surface area contributed by atoms with Crippen LogP contribution in [0, 0.1) is 0 Å². The standard InChI is InChI=1S/C19H31NO/c1-4-10-16-11-9-12-17(15-16)18(20-5-2)19(21-3)13-7-6-8-14-19/h9,11-12,15,18,20H,4-8,10,13-14H2,1-3H3. The topological polar surface area (TPSA) is 21.3 Å². The minimum Gasteiger partial charge on any atom is -0.376 e. The van der Waals surface area contributed by atoms with Gasteiger partial charge < -0.3 is 10.1 Å². The Hall–Kier alpha value is -0.860. The lowest BCUT2D eigenvalue weighted by Crippen LogP contribution is -2.47. The maximum Gasteiger partial charge on any atom is 0.0872 e. The van der Waals surface area contributed by atoms with Crippen molar-refractivity contribution in [2.24, 2.45) is 0 Å². The van der Waals surface area contributed by atoms with E-state index in [9.17, 15) is 0 Å². The lowest BCUT2D eigenvalue weighted by molar-refractivity contribution is -0.0684. The second-order valence-electron chi connectivity index (χ2n) is 6.32. The van der Waals surface area contributed by atoms with Crippen LogP contribution in [0.4, 0.5) is 0 Å². The molecule has 0 saturated heterocycles. The molecular formula is C19H31NO. The first-order valence-electron chi connectivity index (χ1n) is 8.63. The van der Waals surface area contributed by atoms with Crippen LogP contribution in [0.1, 0.15) is 69.5 Å². The van der Waals surface area contributed by atoms with Gasteiger partial charge in [0.2, 0.25) is 0 Å². The van der Waals surface area contributed by atoms with E-state index in [1.165, 1.54) is 49.7 Å². The first kappa shape index (κ1) is 16.5. The van der Waals surface area contributed by atoms with Gasteiger partial charge in [-0.1, -0.05) is 63.8 Å². The fourth-order valence-corrected chi connectivity index (χ4v) is 3.79. The van der Waals surface area contributed by atoms with Gasteiger partial charge in [-0.15, -0.1) is 0 Å². The Morgan fingerprint density at radius 1 is 1.19 bits per heavy atom. The molecule has 21 heavy (non-hydrogen) atoms. The molecule has 118 valence electrons. The molecule has 1 saturated carbocycles. The number of rotatable bonds is 7. The van der Waals surface area contributed by atoms with Crippen LogP contribution in [0.5, 0.6) is 0 Å². The lowest BCUT2D eigenvalue weighted by Gasteiger charge is -2.43. The Labute approximate surface area is 130 Å². The Balaban J connectivity index is 2.30. The zero-order valence-electron chi connectivity index (χ0n) is 14.0. The molecule has 0 aliphatic heterocycles. The Morgan fingerprint density at radius 3 is 2.57 bits per heavy atom. The van der Waals surface area contributed by atoms with E-state index in [2.05, 4.69) is 43.4 Å². The van der Waals surface area contributed by atoms with Crippen molar-refractivity contribution in [3.05, 3.63) is 35.4 Å². The van der Waals surface area contributed by atoms with Crippen LogP contribution in [0.2, 0.25) is 0 Å². The van der Waals surface area contributed by atoms with Gasteiger partial charge in [-0.25, -0.2) is 0 Å². The maximum absolute atomic E-state index is 6.09. The van der Waals surface area contributed by atoms with Crippen molar-refractivity contribution in [1.29, 1.82) is 0 Å². The molecule has 1 aliphatic carbocycles. The summed E-state index contributed by atoms with van der Waals surface area (Å²) in [5, 5.41) is 3.70. The van der Waals surface area contributed by atoms with Gasteiger partial charge in [-0.3, -0.25) is 0 Å². The second-order valence-corrected chi connectivity index (χ2v) is 6.32. The molecule has 0 aromatic heterocycles. The Bertz CT molecular complexity index is 423. The van der Waals surface area contributed by atoms with Crippen LogP contribution in [0.25, 0.3) is 0 Å². The van der Waals surface area contributed by atoms with Crippen molar-refractivity contribution in [1.82, 2.24) is 5.32 Å². The highest BCUT2D eigenvalue weighted by molar-refractivity contribution is 5.28. The summed E-state index contributed by atoms with van der Waals surface area (Å²) in [6.45, 7) is 5.41. The van der Waals surface area contributed by atoms with Crippen molar-refractivity contribution < 1.29 is 4.74 Å². The van der Waals surface area contributed by atoms with Crippen molar-refractivity contribution >= 4 is 0 Å². The van der Waals surface area contributed by atoms with E-state index in [1.54, 1.807) is 0 Å². The van der Waals surface area contributed by atoms with E-state index < -0.39 is 0 Å². The fourth-order valence-electron chi connectivity index (χ4n) is 3.79. The number of likely N-dealkylation sites (N-methyl/N-ethyl adjacent to an activating group) is 1. The highest BCUT2D eigenvalue weighted by Gasteiger charge is 2.40. The van der Waals surface area contributed by atoms with Gasteiger partial charge in [0.05, 0.1) is 11.6 Å². The van der Waals surface area contributed by atoms with Gasteiger partial charge in [0.15, 0.2) is 0 Å². The molecule has 0 radical (unpaired) electrons. The molecule has 2 heteroatoms. The number of aryl methyl sites for hydroxylation is 1. The molecule has 0 heterocycles. The van der Waals surface area contributed by atoms with E-state index in [-0.39, 0.29) is 5.60 Å². The van der Waals surface area contributed by atoms with Gasteiger partial charge in [-0.2, -0.15) is 0 Å². The number of hydrogen-bond donors (Lipinski definition) is 1. The number of methoxy groups -OCH3 is 1. The maximum atomic E-state index is 6.09. The quantitative estimate of drug-likeness (QED) is 0.789. The van der Waals surface area contributed by atoms with Crippen LogP contribution in [-0.2, 0) is 11.2 Å². The van der Waals surface area contributed by atoms with Crippen LogP contribution in [0.3, 0.4) is 0 Å². The van der Waals surface area contributed by atoms with Gasteiger partial charge in [-0.05, 0) is 36.9 Å². The molecule has 2 nitrogen and oxygen atoms in total. The molecule has 1 atom stereocenters. The smallest absolute Gasteiger partial charge is 0.0872 e. The molecule has 0 spiro atoms. The average Bonchev–Trinajstić information content (AvgIpc) is 2.54. The molecule has 2 rings (SSSR count). The van der Waals surface area contributed by atoms with Crippen molar-refractivity contribution in [2.45, 2.75) is 70.4 Å². The molecule has 0 amide bonds. The predicted molar refractivity (Wildman–Crippen MR) is 89.7 cm³/mol. The lowest BCUT2D eigenvalue weighted by atomic mass is 9.76. The van der Waals surface area contributed by atoms with Crippen LogP contribution < -0.4 is 5.32 Å². The molecule has 1 unspecified atom stereocenters. The fraction of sp³-hybridized carbons (Fsp3) is 0.684. The number of ether oxygens (including phenoxy) is 1. The van der Waals surface area contributed by atoms with Gasteiger partial charge in [0, 0.05) is 7.11 Å². The third kappa shape index (κ3) is 3.87. The van der Waals surface area contributed by atoms with E-state index in [4.69, 9.17) is 4.74 Å². The largest absolute Gasteiger partial charge is 0.376 e. The first-order valence-corrected chi connectivity index (χ1v) is 8.63. The van der Waals surface area contributed by atoms with E-state index in [0.29, 0.717) is 6.04 Å². The summed E-state index contributed by atoms with van der Waals surface area (Å²) in [4.78, 5) is 0. The molecule has 1 fully saturated rings. The third-order valence-electron chi connectivity index (χ3n) is 4.86. The SMILES string of the molecule is CCCc1cccc(C(NCC)C2(OC)CCCCC2)c1. The molecule has 1 N–H and O–H groups in total. The van der Waals surface area contributed by atoms with Crippen LogP contribution >= 0.6 is 0 Å². The van der Waals surface area contributed by atoms with E-state index >= 15 is 0 Å². The summed E-state index contributed by atoms with van der Waals surface area (Å²) < 4.78 is 6.09. The molecule has 1 aromatic carbocycles. The molecular weight excluding hydrogens is 258 g/mol. The summed E-state index contributed by atoms with van der Waals surface area (Å²) in [5.74, 6) is 0. The summed E-state index contributed by atoms with van der Waals surface area (Å²) in [6.07, 6.45) is 8.60. The van der Waals surface area contributed by atoms with Gasteiger partial charge >= 0.3 is 0 Å². The van der Waals surface area contributed by atoms with Gasteiger partial charge in [0.1, 0.15) is 0 Å². The molecule has 0 bridgehead atoms. The van der Waals surface area contributed by atoms with Crippen molar-refractivity contribution in [2.75, 3.05) is 13.7 Å². The summed E-state index contributed by atoms with van der Waals surface area (Å²) in [6, 6.07) is 9.41. The number of benzene rings is 1. The highest BCUT2D eigenvalue weighted by atomic mass is 16.5. The molecule has 1 aromatic rings. The Kier molecular flexibility index (Phi) is 6.25. The monoisotopic (exact) mass is 289 g/mol. The zero-order valence-corrected chi connectivity index (χ0v) is 14.0. The first-order chi connectivity index (χ1) is 10.3. The minimum atomic E-state index is -0.0287. The third-order valence-corrected chi connectivity index (χ3v) is 4.86. The highest BCUT2D eigenvalue weighted by Crippen LogP contribution is 2.41. The van der Waals surface area contributed by atoms with Crippen LogP contribution in [0.15, 0.2) is 24.3 Å². The number of hydrogen-bond acceptors (Lipinski definition) is 2. The van der Waals surface area contributed by atoms with E-state index in [0.717, 1.165) is 13.0 Å². The normalized spacial score (nSPS) is 19.4.